The van der Waals surface area contributed by atoms with E-state index < -0.39 is 11.7 Å². The third-order valence-corrected chi connectivity index (χ3v) is 5.40. The van der Waals surface area contributed by atoms with Gasteiger partial charge >= 0.3 is 6.18 Å². The van der Waals surface area contributed by atoms with Crippen molar-refractivity contribution >= 4 is 32.0 Å². The van der Waals surface area contributed by atoms with E-state index in [1.807, 2.05) is 31.2 Å². The van der Waals surface area contributed by atoms with Crippen LogP contribution < -0.4 is 0 Å². The number of benzene rings is 2. The van der Waals surface area contributed by atoms with Gasteiger partial charge in [-0.1, -0.05) is 49.7 Å². The normalized spacial score (nSPS) is 15.0. The summed E-state index contributed by atoms with van der Waals surface area (Å²) in [7, 11) is 0. The topological polar surface area (TPSA) is 20.3 Å². The summed E-state index contributed by atoms with van der Waals surface area (Å²) in [6.45, 7) is 2.56. The molecular formula is C21H19BrF3NO. The minimum atomic E-state index is -4.39. The van der Waals surface area contributed by atoms with Crippen molar-refractivity contribution in [1.82, 2.24) is 4.90 Å². The number of carbonyl (C=O) groups excluding carboxylic acids is 1. The van der Waals surface area contributed by atoms with Gasteiger partial charge in [-0.2, -0.15) is 13.2 Å². The van der Waals surface area contributed by atoms with Crippen molar-refractivity contribution in [3.63, 3.8) is 0 Å². The lowest BCUT2D eigenvalue weighted by atomic mass is 10.0. The van der Waals surface area contributed by atoms with E-state index in [0.29, 0.717) is 17.8 Å². The van der Waals surface area contributed by atoms with Gasteiger partial charge in [0.15, 0.2) is 0 Å². The number of rotatable bonds is 4. The number of unbranched alkanes of at least 4 members (excludes halogenated alkanes) is 1. The Hall–Kier alpha value is -2.08. The lowest BCUT2D eigenvalue weighted by molar-refractivity contribution is -0.137. The van der Waals surface area contributed by atoms with E-state index in [-0.39, 0.29) is 12.3 Å². The lowest BCUT2D eigenvalue weighted by Crippen LogP contribution is -2.31. The smallest absolute Gasteiger partial charge is 0.310 e. The highest BCUT2D eigenvalue weighted by Crippen LogP contribution is 2.39. The third kappa shape index (κ3) is 4.10. The number of nitrogens with zero attached hydrogens (tertiary/aromatic N) is 1. The number of fused-ring (bicyclic) bond motifs is 1. The van der Waals surface area contributed by atoms with Crippen LogP contribution in [0.4, 0.5) is 13.2 Å². The van der Waals surface area contributed by atoms with Gasteiger partial charge in [-0.05, 0) is 51.2 Å². The molecule has 0 spiro atoms. The second-order valence-electron chi connectivity index (χ2n) is 6.47. The number of carbonyl (C=O) groups is 1. The van der Waals surface area contributed by atoms with E-state index >= 15 is 0 Å². The molecule has 0 atom stereocenters. The van der Waals surface area contributed by atoms with Crippen molar-refractivity contribution in [1.29, 1.82) is 0 Å². The molecule has 0 bridgehead atoms. The minimum absolute atomic E-state index is 0.0553. The predicted molar refractivity (Wildman–Crippen MR) is 104 cm³/mol. The van der Waals surface area contributed by atoms with Crippen molar-refractivity contribution in [3.8, 4) is 0 Å². The summed E-state index contributed by atoms with van der Waals surface area (Å²) in [5.41, 5.74) is 2.28. The predicted octanol–water partition coefficient (Wildman–Crippen LogP) is 6.11. The Bertz CT molecular complexity index is 872. The Morgan fingerprint density at radius 1 is 1.07 bits per heavy atom. The average molecular weight is 438 g/mol. The van der Waals surface area contributed by atoms with Crippen LogP contribution in [-0.4, -0.2) is 17.4 Å². The summed E-state index contributed by atoms with van der Waals surface area (Å²) >= 11 is 3.62. The molecule has 0 saturated carbocycles. The first-order valence-electron chi connectivity index (χ1n) is 8.79. The van der Waals surface area contributed by atoms with Gasteiger partial charge in [0.05, 0.1) is 17.7 Å². The summed E-state index contributed by atoms with van der Waals surface area (Å²) in [5.74, 6) is -0.0553. The maximum Gasteiger partial charge on any atom is 0.416 e. The molecule has 3 rings (SSSR count). The molecule has 2 aromatic carbocycles. The maximum absolute atomic E-state index is 12.9. The molecule has 1 aliphatic heterocycles. The van der Waals surface area contributed by atoms with Gasteiger partial charge < -0.3 is 4.90 Å². The van der Waals surface area contributed by atoms with E-state index in [0.717, 1.165) is 40.6 Å². The fraction of sp³-hybridized carbons (Fsp3) is 0.286. The molecule has 0 aromatic heterocycles. The van der Waals surface area contributed by atoms with Gasteiger partial charge in [0.1, 0.15) is 0 Å². The zero-order valence-corrected chi connectivity index (χ0v) is 16.4. The van der Waals surface area contributed by atoms with Crippen LogP contribution in [0.3, 0.4) is 0 Å². The fourth-order valence-corrected chi connectivity index (χ4v) is 4.00. The second kappa shape index (κ2) is 7.89. The van der Waals surface area contributed by atoms with Gasteiger partial charge in [-0.3, -0.25) is 4.79 Å². The number of amides is 1. The molecule has 6 heteroatoms. The Kier molecular flexibility index (Phi) is 5.75. The van der Waals surface area contributed by atoms with Crippen LogP contribution in [0.25, 0.3) is 10.2 Å². The third-order valence-electron chi connectivity index (χ3n) is 4.60. The standard InChI is InChI=1S/C21H19BrF3NO/c1-2-3-12-26-18(27)13-15-6-4-5-7-17(15)19(22)20(26)14-8-10-16(11-9-14)21(23,24)25/h4-11H,2-3,12-13H2,1H3. The van der Waals surface area contributed by atoms with Crippen LogP contribution in [0.1, 0.15) is 42.0 Å². The summed E-state index contributed by atoms with van der Waals surface area (Å²) < 4.78 is 39.5. The first kappa shape index (κ1) is 19.7. The average Bonchev–Trinajstić information content (AvgIpc) is 2.74. The largest absolute Gasteiger partial charge is 0.416 e. The SMILES string of the molecule is CCCCN1C(=O)Cc2ccccc2C(Br)=C1c1ccc(C(F)(F)F)cc1. The first-order valence-corrected chi connectivity index (χ1v) is 9.58. The van der Waals surface area contributed by atoms with Crippen molar-refractivity contribution < 1.29 is 18.0 Å². The molecule has 0 saturated heterocycles. The van der Waals surface area contributed by atoms with Crippen molar-refractivity contribution in [2.24, 2.45) is 0 Å². The first-order chi connectivity index (χ1) is 12.8. The molecule has 1 amide bonds. The lowest BCUT2D eigenvalue weighted by Gasteiger charge is -2.26. The maximum atomic E-state index is 12.9. The molecular weight excluding hydrogens is 419 g/mol. The Morgan fingerprint density at radius 3 is 2.37 bits per heavy atom. The van der Waals surface area contributed by atoms with Gasteiger partial charge in [0.25, 0.3) is 0 Å². The van der Waals surface area contributed by atoms with Crippen molar-refractivity contribution in [2.45, 2.75) is 32.4 Å². The number of hydrogen-bond acceptors (Lipinski definition) is 1. The molecule has 0 N–H and O–H groups in total. The van der Waals surface area contributed by atoms with Crippen molar-refractivity contribution in [3.05, 3.63) is 70.8 Å². The highest BCUT2D eigenvalue weighted by molar-refractivity contribution is 9.15. The molecule has 27 heavy (non-hydrogen) atoms. The van der Waals surface area contributed by atoms with Crippen molar-refractivity contribution in [2.75, 3.05) is 6.54 Å². The molecule has 1 aliphatic rings. The van der Waals surface area contributed by atoms with Crippen LogP contribution in [0, 0.1) is 0 Å². The summed E-state index contributed by atoms with van der Waals surface area (Å²) in [6, 6.07) is 12.6. The quantitative estimate of drug-likeness (QED) is 0.564. The fourth-order valence-electron chi connectivity index (χ4n) is 3.17. The van der Waals surface area contributed by atoms with Gasteiger partial charge in [-0.25, -0.2) is 0 Å². The summed E-state index contributed by atoms with van der Waals surface area (Å²) in [6.07, 6.45) is -2.40. The van der Waals surface area contributed by atoms with Crippen LogP contribution in [-0.2, 0) is 17.4 Å². The highest BCUT2D eigenvalue weighted by atomic mass is 79.9. The number of halogens is 4. The van der Waals surface area contributed by atoms with E-state index in [1.165, 1.54) is 12.1 Å². The second-order valence-corrected chi connectivity index (χ2v) is 7.26. The van der Waals surface area contributed by atoms with Crippen LogP contribution >= 0.6 is 15.9 Å². The Morgan fingerprint density at radius 2 is 1.74 bits per heavy atom. The molecule has 2 nitrogen and oxygen atoms in total. The van der Waals surface area contributed by atoms with E-state index in [2.05, 4.69) is 15.9 Å². The summed E-state index contributed by atoms with van der Waals surface area (Å²) in [4.78, 5) is 14.6. The van der Waals surface area contributed by atoms with E-state index in [1.54, 1.807) is 4.90 Å². The van der Waals surface area contributed by atoms with Gasteiger partial charge in [-0.15, -0.1) is 0 Å². The Labute approximate surface area is 164 Å². The molecule has 0 radical (unpaired) electrons. The zero-order chi connectivity index (χ0) is 19.6. The minimum Gasteiger partial charge on any atom is -0.310 e. The number of alkyl halides is 3. The molecule has 0 aliphatic carbocycles. The van der Waals surface area contributed by atoms with Gasteiger partial charge in [0, 0.05) is 11.0 Å². The number of hydrogen-bond donors (Lipinski definition) is 0. The Balaban J connectivity index is 2.15. The summed E-state index contributed by atoms with van der Waals surface area (Å²) in [5, 5.41) is 0. The molecule has 142 valence electrons. The molecule has 0 unspecified atom stereocenters. The van der Waals surface area contributed by atoms with Crippen LogP contribution in [0.5, 0.6) is 0 Å². The monoisotopic (exact) mass is 437 g/mol. The van der Waals surface area contributed by atoms with Gasteiger partial charge in [0.2, 0.25) is 5.91 Å². The zero-order valence-electron chi connectivity index (χ0n) is 14.8. The molecule has 2 aromatic rings. The highest BCUT2D eigenvalue weighted by Gasteiger charge is 2.31. The van der Waals surface area contributed by atoms with Crippen LogP contribution in [0.15, 0.2) is 48.5 Å². The van der Waals surface area contributed by atoms with E-state index in [4.69, 9.17) is 0 Å². The molecule has 1 heterocycles. The molecule has 0 fully saturated rings. The van der Waals surface area contributed by atoms with E-state index in [9.17, 15) is 18.0 Å². The van der Waals surface area contributed by atoms with Crippen LogP contribution in [0.2, 0.25) is 0 Å².